The second-order valence-corrected chi connectivity index (χ2v) is 6.42. The smallest absolute Gasteiger partial charge is 0.339 e. The number of carbonyl (C=O) groups excluding carboxylic acids is 3. The molecule has 8 heteroatoms. The Morgan fingerprint density at radius 1 is 1.11 bits per heavy atom. The van der Waals surface area contributed by atoms with Gasteiger partial charge in [0.15, 0.2) is 0 Å². The lowest BCUT2D eigenvalue weighted by atomic mass is 9.95. The molecule has 2 aromatic rings. The first-order chi connectivity index (χ1) is 13.1. The van der Waals surface area contributed by atoms with Crippen molar-refractivity contribution in [1.82, 2.24) is 10.6 Å². The van der Waals surface area contributed by atoms with Gasteiger partial charge < -0.3 is 20.1 Å². The van der Waals surface area contributed by atoms with E-state index in [4.69, 9.17) is 9.47 Å². The van der Waals surface area contributed by atoms with Crippen LogP contribution in [0.3, 0.4) is 0 Å². The zero-order valence-corrected chi connectivity index (χ0v) is 15.4. The Kier molecular flexibility index (Phi) is 5.87. The lowest BCUT2D eigenvalue weighted by Gasteiger charge is -2.29. The van der Waals surface area contributed by atoms with Crippen molar-refractivity contribution < 1.29 is 23.9 Å². The molecule has 1 atom stereocenters. The molecule has 1 unspecified atom stereocenters. The first-order valence-electron chi connectivity index (χ1n) is 8.32. The second-order valence-electron chi connectivity index (χ2n) is 5.64. The molecule has 1 aromatic heterocycles. The second kappa shape index (κ2) is 8.50. The Balaban J connectivity index is 1.92. The molecule has 1 aliphatic heterocycles. The first-order valence-corrected chi connectivity index (χ1v) is 9.26. The number of nitrogens with one attached hydrogen (secondary N) is 2. The van der Waals surface area contributed by atoms with Crippen LogP contribution in [0, 0.1) is 0 Å². The average Bonchev–Trinajstić information content (AvgIpc) is 3.21. The van der Waals surface area contributed by atoms with Crippen molar-refractivity contribution in [2.45, 2.75) is 13.0 Å². The lowest BCUT2D eigenvalue weighted by molar-refractivity contribution is -0.139. The summed E-state index contributed by atoms with van der Waals surface area (Å²) in [5.74, 6) is -1.11. The monoisotopic (exact) mass is 386 g/mol. The van der Waals surface area contributed by atoms with Crippen molar-refractivity contribution in [1.29, 1.82) is 0 Å². The minimum absolute atomic E-state index is 0.180. The van der Waals surface area contributed by atoms with E-state index < -0.39 is 24.0 Å². The predicted molar refractivity (Wildman–Crippen MR) is 99.1 cm³/mol. The number of rotatable bonds is 6. The van der Waals surface area contributed by atoms with Gasteiger partial charge in [-0.3, -0.25) is 0 Å². The van der Waals surface area contributed by atoms with Crippen LogP contribution < -0.4 is 10.6 Å². The standard InChI is InChI=1S/C19H18N2O5S/c1-2-25-18(23)15-14(10-26-17(22)13-8-9-27-11-13)20-19(24)21-16(15)12-6-4-3-5-7-12/h3-9,11,16H,2,10H2,1H3,(H2,20,21,24). The van der Waals surface area contributed by atoms with E-state index in [0.717, 1.165) is 5.56 Å². The van der Waals surface area contributed by atoms with Crippen LogP contribution >= 0.6 is 11.3 Å². The van der Waals surface area contributed by atoms with Gasteiger partial charge in [0.2, 0.25) is 0 Å². The van der Waals surface area contributed by atoms with Gasteiger partial charge >= 0.3 is 18.0 Å². The number of carbonyl (C=O) groups is 3. The highest BCUT2D eigenvalue weighted by Crippen LogP contribution is 2.28. The predicted octanol–water partition coefficient (Wildman–Crippen LogP) is 2.78. The minimum atomic E-state index is -0.700. The van der Waals surface area contributed by atoms with Crippen molar-refractivity contribution in [2.24, 2.45) is 0 Å². The van der Waals surface area contributed by atoms with E-state index in [2.05, 4.69) is 10.6 Å². The van der Waals surface area contributed by atoms with E-state index in [1.807, 2.05) is 18.2 Å². The number of hydrogen-bond donors (Lipinski definition) is 2. The third kappa shape index (κ3) is 4.35. The average molecular weight is 386 g/mol. The van der Waals surface area contributed by atoms with Crippen LogP contribution in [0.1, 0.15) is 28.9 Å². The number of urea groups is 1. The highest BCUT2D eigenvalue weighted by molar-refractivity contribution is 7.08. The number of thiophene rings is 1. The summed E-state index contributed by atoms with van der Waals surface area (Å²) in [6, 6.07) is 9.50. The van der Waals surface area contributed by atoms with Gasteiger partial charge in [0.25, 0.3) is 0 Å². The molecule has 0 saturated heterocycles. The van der Waals surface area contributed by atoms with Crippen molar-refractivity contribution in [3.05, 3.63) is 69.6 Å². The number of benzene rings is 1. The zero-order valence-electron chi connectivity index (χ0n) is 14.6. The number of ether oxygens (including phenoxy) is 2. The molecule has 2 heterocycles. The normalized spacial score (nSPS) is 16.3. The van der Waals surface area contributed by atoms with Gasteiger partial charge in [-0.2, -0.15) is 11.3 Å². The summed E-state index contributed by atoms with van der Waals surface area (Å²) in [6.45, 7) is 1.63. The molecule has 0 fully saturated rings. The summed E-state index contributed by atoms with van der Waals surface area (Å²) in [5.41, 5.74) is 1.55. The van der Waals surface area contributed by atoms with Crippen LogP contribution in [0.25, 0.3) is 0 Å². The summed E-state index contributed by atoms with van der Waals surface area (Å²) in [6.07, 6.45) is 0. The molecule has 3 rings (SSSR count). The fourth-order valence-corrected chi connectivity index (χ4v) is 3.30. The maximum absolute atomic E-state index is 12.6. The summed E-state index contributed by atoms with van der Waals surface area (Å²) < 4.78 is 10.4. The molecule has 0 radical (unpaired) electrons. The first kappa shape index (κ1) is 18.7. The minimum Gasteiger partial charge on any atom is -0.463 e. The van der Waals surface area contributed by atoms with Crippen LogP contribution in [0.5, 0.6) is 0 Å². The summed E-state index contributed by atoms with van der Waals surface area (Å²) >= 11 is 1.37. The zero-order chi connectivity index (χ0) is 19.2. The summed E-state index contributed by atoms with van der Waals surface area (Å²) in [5, 5.41) is 8.70. The van der Waals surface area contributed by atoms with Crippen molar-refractivity contribution in [3.8, 4) is 0 Å². The SMILES string of the molecule is CCOC(=O)C1=C(COC(=O)c2ccsc2)NC(=O)NC1c1ccccc1. The Hall–Kier alpha value is -3.13. The summed E-state index contributed by atoms with van der Waals surface area (Å²) in [4.78, 5) is 36.8. The van der Waals surface area contributed by atoms with Crippen LogP contribution in [0.15, 0.2) is 58.4 Å². The topological polar surface area (TPSA) is 93.7 Å². The fourth-order valence-electron chi connectivity index (χ4n) is 2.68. The van der Waals surface area contributed by atoms with Gasteiger partial charge in [0, 0.05) is 5.38 Å². The molecule has 0 bridgehead atoms. The van der Waals surface area contributed by atoms with Gasteiger partial charge in [0.1, 0.15) is 6.61 Å². The molecular weight excluding hydrogens is 368 g/mol. The van der Waals surface area contributed by atoms with Gasteiger partial charge in [-0.05, 0) is 23.9 Å². The molecule has 0 aliphatic carbocycles. The van der Waals surface area contributed by atoms with E-state index >= 15 is 0 Å². The van der Waals surface area contributed by atoms with Gasteiger partial charge in [-0.15, -0.1) is 0 Å². The van der Waals surface area contributed by atoms with Crippen molar-refractivity contribution in [2.75, 3.05) is 13.2 Å². The van der Waals surface area contributed by atoms with E-state index in [-0.39, 0.29) is 24.5 Å². The molecular formula is C19H18N2O5S. The lowest BCUT2D eigenvalue weighted by Crippen LogP contribution is -2.47. The van der Waals surface area contributed by atoms with Crippen LogP contribution in [-0.2, 0) is 14.3 Å². The van der Waals surface area contributed by atoms with E-state index in [1.165, 1.54) is 11.3 Å². The maximum atomic E-state index is 12.6. The van der Waals surface area contributed by atoms with Crippen LogP contribution in [-0.4, -0.2) is 31.2 Å². The summed E-state index contributed by atoms with van der Waals surface area (Å²) in [7, 11) is 0. The molecule has 0 saturated carbocycles. The number of esters is 2. The van der Waals surface area contributed by atoms with Crippen LogP contribution in [0.2, 0.25) is 0 Å². The van der Waals surface area contributed by atoms with Crippen molar-refractivity contribution >= 4 is 29.3 Å². The van der Waals surface area contributed by atoms with E-state index in [1.54, 1.807) is 35.9 Å². The molecule has 7 nitrogen and oxygen atoms in total. The highest BCUT2D eigenvalue weighted by Gasteiger charge is 2.34. The van der Waals surface area contributed by atoms with Crippen LogP contribution in [0.4, 0.5) is 4.79 Å². The molecule has 0 spiro atoms. The molecule has 1 aromatic carbocycles. The Morgan fingerprint density at radius 2 is 1.89 bits per heavy atom. The van der Waals surface area contributed by atoms with Gasteiger partial charge in [-0.25, -0.2) is 14.4 Å². The van der Waals surface area contributed by atoms with E-state index in [0.29, 0.717) is 5.56 Å². The third-order valence-electron chi connectivity index (χ3n) is 3.89. The fraction of sp³-hybridized carbons (Fsp3) is 0.211. The Bertz CT molecular complexity index is 861. The molecule has 27 heavy (non-hydrogen) atoms. The molecule has 1 aliphatic rings. The maximum Gasteiger partial charge on any atom is 0.339 e. The van der Waals surface area contributed by atoms with Gasteiger partial charge in [0.05, 0.1) is 29.5 Å². The van der Waals surface area contributed by atoms with Gasteiger partial charge in [-0.1, -0.05) is 30.3 Å². The van der Waals surface area contributed by atoms with E-state index in [9.17, 15) is 14.4 Å². The molecule has 2 amide bonds. The Morgan fingerprint density at radius 3 is 2.56 bits per heavy atom. The Labute approximate surface area is 160 Å². The largest absolute Gasteiger partial charge is 0.463 e. The number of hydrogen-bond acceptors (Lipinski definition) is 6. The molecule has 140 valence electrons. The molecule has 2 N–H and O–H groups in total. The third-order valence-corrected chi connectivity index (χ3v) is 4.57. The van der Waals surface area contributed by atoms with Crippen molar-refractivity contribution in [3.63, 3.8) is 0 Å². The highest BCUT2D eigenvalue weighted by atomic mass is 32.1. The quantitative estimate of drug-likeness (QED) is 0.745. The number of amides is 2.